The van der Waals surface area contributed by atoms with E-state index in [1.54, 1.807) is 11.3 Å². The van der Waals surface area contributed by atoms with Gasteiger partial charge < -0.3 is 4.98 Å². The molecule has 0 aliphatic carbocycles. The number of halogens is 1. The molecule has 0 saturated heterocycles. The Morgan fingerprint density at radius 1 is 1.11 bits per heavy atom. The summed E-state index contributed by atoms with van der Waals surface area (Å²) in [6, 6.07) is 13.5. The van der Waals surface area contributed by atoms with E-state index < -0.39 is 0 Å². The molecule has 0 saturated carbocycles. The van der Waals surface area contributed by atoms with Crippen LogP contribution in [-0.2, 0) is 0 Å². The number of nitrogens with one attached hydrogen (secondary N) is 1. The molecule has 19 heavy (non-hydrogen) atoms. The molecule has 0 unspecified atom stereocenters. The first-order valence-corrected chi connectivity index (χ1v) is 7.32. The van der Waals surface area contributed by atoms with E-state index in [4.69, 9.17) is 0 Å². The molecule has 3 rings (SSSR count). The lowest BCUT2D eigenvalue weighted by atomic mass is 10.1. The molecule has 0 amide bonds. The first kappa shape index (κ1) is 12.3. The molecule has 1 aromatic carbocycles. The Hall–Kier alpha value is -1.72. The molecule has 0 aliphatic rings. The molecular formula is C14H9BrN2OS. The van der Waals surface area contributed by atoms with Gasteiger partial charge in [-0.05, 0) is 27.4 Å². The Morgan fingerprint density at radius 3 is 2.58 bits per heavy atom. The summed E-state index contributed by atoms with van der Waals surface area (Å²) in [5.74, 6) is 0.599. The molecule has 1 N–H and O–H groups in total. The second-order valence-electron chi connectivity index (χ2n) is 3.92. The highest BCUT2D eigenvalue weighted by atomic mass is 79.9. The van der Waals surface area contributed by atoms with Gasteiger partial charge in [0.05, 0.1) is 10.6 Å². The largest absolute Gasteiger partial charge is 0.305 e. The van der Waals surface area contributed by atoms with Crippen LogP contribution in [0.2, 0.25) is 0 Å². The summed E-state index contributed by atoms with van der Waals surface area (Å²) in [5.41, 5.74) is 1.41. The predicted octanol–water partition coefficient (Wildman–Crippen LogP) is 3.93. The van der Waals surface area contributed by atoms with Crippen LogP contribution in [0, 0.1) is 0 Å². The Morgan fingerprint density at radius 2 is 1.89 bits per heavy atom. The van der Waals surface area contributed by atoms with Crippen molar-refractivity contribution in [3.05, 3.63) is 62.7 Å². The van der Waals surface area contributed by atoms with Gasteiger partial charge in [0.1, 0.15) is 4.47 Å². The summed E-state index contributed by atoms with van der Waals surface area (Å²) >= 11 is 4.86. The number of nitrogens with zero attached hydrogens (tertiary/aromatic N) is 1. The summed E-state index contributed by atoms with van der Waals surface area (Å²) in [6.45, 7) is 0. The third kappa shape index (κ3) is 2.39. The quantitative estimate of drug-likeness (QED) is 0.772. The molecule has 0 fully saturated rings. The van der Waals surface area contributed by atoms with Gasteiger partial charge in [0.15, 0.2) is 5.82 Å². The van der Waals surface area contributed by atoms with Crippen molar-refractivity contribution in [1.82, 2.24) is 9.97 Å². The number of thiophene rings is 1. The number of hydrogen-bond donors (Lipinski definition) is 1. The molecule has 3 aromatic rings. The topological polar surface area (TPSA) is 45.8 Å². The van der Waals surface area contributed by atoms with Crippen LogP contribution in [0.15, 0.2) is 57.1 Å². The molecule has 3 nitrogen and oxygen atoms in total. The van der Waals surface area contributed by atoms with E-state index in [-0.39, 0.29) is 5.56 Å². The van der Waals surface area contributed by atoms with Crippen molar-refractivity contribution >= 4 is 27.3 Å². The van der Waals surface area contributed by atoms with Gasteiger partial charge >= 0.3 is 0 Å². The van der Waals surface area contributed by atoms with Crippen LogP contribution in [0.25, 0.3) is 22.0 Å². The van der Waals surface area contributed by atoms with Crippen LogP contribution >= 0.6 is 27.3 Å². The maximum Gasteiger partial charge on any atom is 0.266 e. The molecule has 94 valence electrons. The van der Waals surface area contributed by atoms with E-state index >= 15 is 0 Å². The highest BCUT2D eigenvalue weighted by Crippen LogP contribution is 2.27. The van der Waals surface area contributed by atoms with E-state index in [1.165, 1.54) is 0 Å². The molecule has 0 bridgehead atoms. The molecule has 2 heterocycles. The monoisotopic (exact) mass is 332 g/mol. The van der Waals surface area contributed by atoms with Crippen molar-refractivity contribution in [2.75, 3.05) is 0 Å². The summed E-state index contributed by atoms with van der Waals surface area (Å²) in [4.78, 5) is 20.3. The number of rotatable bonds is 2. The smallest absolute Gasteiger partial charge is 0.266 e. The van der Waals surface area contributed by atoms with Gasteiger partial charge in [-0.25, -0.2) is 4.98 Å². The van der Waals surface area contributed by atoms with Crippen LogP contribution < -0.4 is 5.56 Å². The highest BCUT2D eigenvalue weighted by Gasteiger charge is 2.12. The Labute approximate surface area is 122 Å². The van der Waals surface area contributed by atoms with Gasteiger partial charge in [-0.3, -0.25) is 4.79 Å². The molecule has 0 radical (unpaired) electrons. The molecule has 2 aromatic heterocycles. The standard InChI is InChI=1S/C14H9BrN2OS/c15-11-12(9-5-2-1-3-6-9)16-13(17-14(11)18)10-7-4-8-19-10/h1-8H,(H,16,17,18). The van der Waals surface area contributed by atoms with Gasteiger partial charge in [-0.1, -0.05) is 36.4 Å². The molecular weight excluding hydrogens is 324 g/mol. The minimum Gasteiger partial charge on any atom is -0.305 e. The molecule has 0 spiro atoms. The fourth-order valence-corrected chi connectivity index (χ4v) is 2.86. The van der Waals surface area contributed by atoms with E-state index in [0.29, 0.717) is 16.0 Å². The van der Waals surface area contributed by atoms with Gasteiger partial charge in [-0.15, -0.1) is 11.3 Å². The Balaban J connectivity index is 2.23. The second-order valence-corrected chi connectivity index (χ2v) is 5.66. The summed E-state index contributed by atoms with van der Waals surface area (Å²) in [6.07, 6.45) is 0. The average molecular weight is 333 g/mol. The third-order valence-electron chi connectivity index (χ3n) is 2.66. The van der Waals surface area contributed by atoms with Gasteiger partial charge in [0, 0.05) is 5.56 Å². The maximum absolute atomic E-state index is 12.0. The fourth-order valence-electron chi connectivity index (χ4n) is 1.78. The fraction of sp³-hybridized carbons (Fsp3) is 0. The normalized spacial score (nSPS) is 10.6. The number of hydrogen-bond acceptors (Lipinski definition) is 3. The zero-order valence-electron chi connectivity index (χ0n) is 9.76. The average Bonchev–Trinajstić information content (AvgIpc) is 2.97. The second kappa shape index (κ2) is 5.11. The van der Waals surface area contributed by atoms with Crippen LogP contribution in [0.3, 0.4) is 0 Å². The zero-order chi connectivity index (χ0) is 13.2. The summed E-state index contributed by atoms with van der Waals surface area (Å²) in [5, 5.41) is 1.96. The minimum absolute atomic E-state index is 0.169. The number of aromatic nitrogens is 2. The van der Waals surface area contributed by atoms with E-state index in [2.05, 4.69) is 25.9 Å². The Bertz CT molecular complexity index is 751. The van der Waals surface area contributed by atoms with Crippen LogP contribution in [0.4, 0.5) is 0 Å². The van der Waals surface area contributed by atoms with Crippen LogP contribution in [-0.4, -0.2) is 9.97 Å². The lowest BCUT2D eigenvalue weighted by Gasteiger charge is -2.05. The highest BCUT2D eigenvalue weighted by molar-refractivity contribution is 9.10. The first-order chi connectivity index (χ1) is 9.25. The van der Waals surface area contributed by atoms with Gasteiger partial charge in [0.2, 0.25) is 0 Å². The van der Waals surface area contributed by atoms with E-state index in [1.807, 2.05) is 47.8 Å². The van der Waals surface area contributed by atoms with Crippen molar-refractivity contribution < 1.29 is 0 Å². The van der Waals surface area contributed by atoms with Crippen molar-refractivity contribution in [1.29, 1.82) is 0 Å². The summed E-state index contributed by atoms with van der Waals surface area (Å²) < 4.78 is 0.457. The number of H-pyrrole nitrogens is 1. The third-order valence-corrected chi connectivity index (χ3v) is 4.28. The number of aromatic amines is 1. The van der Waals surface area contributed by atoms with E-state index in [9.17, 15) is 4.79 Å². The maximum atomic E-state index is 12.0. The SMILES string of the molecule is O=c1[nH]c(-c2cccs2)nc(-c2ccccc2)c1Br. The van der Waals surface area contributed by atoms with Crippen molar-refractivity contribution in [2.24, 2.45) is 0 Å². The van der Waals surface area contributed by atoms with Crippen LogP contribution in [0.5, 0.6) is 0 Å². The first-order valence-electron chi connectivity index (χ1n) is 5.65. The van der Waals surface area contributed by atoms with Crippen molar-refractivity contribution in [3.63, 3.8) is 0 Å². The minimum atomic E-state index is -0.169. The van der Waals surface area contributed by atoms with Gasteiger partial charge in [0.25, 0.3) is 5.56 Å². The van der Waals surface area contributed by atoms with Gasteiger partial charge in [-0.2, -0.15) is 0 Å². The van der Waals surface area contributed by atoms with Crippen molar-refractivity contribution in [3.8, 4) is 22.0 Å². The lowest BCUT2D eigenvalue weighted by Crippen LogP contribution is -2.11. The summed E-state index contributed by atoms with van der Waals surface area (Å²) in [7, 11) is 0. The van der Waals surface area contributed by atoms with Crippen molar-refractivity contribution in [2.45, 2.75) is 0 Å². The predicted molar refractivity (Wildman–Crippen MR) is 81.3 cm³/mol. The number of benzene rings is 1. The molecule has 5 heteroatoms. The molecule has 0 aliphatic heterocycles. The Kier molecular flexibility index (Phi) is 3.31. The van der Waals surface area contributed by atoms with Crippen LogP contribution in [0.1, 0.15) is 0 Å². The zero-order valence-corrected chi connectivity index (χ0v) is 12.2. The lowest BCUT2D eigenvalue weighted by molar-refractivity contribution is 1.12. The van der Waals surface area contributed by atoms with E-state index in [0.717, 1.165) is 10.4 Å². The molecule has 0 atom stereocenters.